The van der Waals surface area contributed by atoms with Gasteiger partial charge in [0.25, 0.3) is 5.91 Å². The van der Waals surface area contributed by atoms with Crippen molar-refractivity contribution >= 4 is 16.9 Å². The lowest BCUT2D eigenvalue weighted by molar-refractivity contribution is 0.0954. The van der Waals surface area contributed by atoms with Gasteiger partial charge in [-0.2, -0.15) is 5.10 Å². The van der Waals surface area contributed by atoms with Crippen LogP contribution in [0.3, 0.4) is 0 Å². The fourth-order valence-corrected chi connectivity index (χ4v) is 2.98. The molecule has 0 unspecified atom stereocenters. The fraction of sp³-hybridized carbons (Fsp3) is 0.316. The van der Waals surface area contributed by atoms with E-state index in [0.717, 1.165) is 35.3 Å². The molecule has 124 valence electrons. The predicted molar refractivity (Wildman–Crippen MR) is 95.1 cm³/mol. The lowest BCUT2D eigenvalue weighted by Crippen LogP contribution is -2.25. The summed E-state index contributed by atoms with van der Waals surface area (Å²) in [4.78, 5) is 17.1. The van der Waals surface area contributed by atoms with Crippen molar-refractivity contribution < 1.29 is 4.79 Å². The Labute approximate surface area is 141 Å². The van der Waals surface area contributed by atoms with Crippen molar-refractivity contribution in [2.24, 2.45) is 7.05 Å². The Hall–Kier alpha value is -2.69. The molecule has 1 N–H and O–H groups in total. The minimum absolute atomic E-state index is 0.0605. The number of nitrogens with one attached hydrogen (secondary N) is 1. The first kappa shape index (κ1) is 16.2. The van der Waals surface area contributed by atoms with Gasteiger partial charge in [0.2, 0.25) is 0 Å². The van der Waals surface area contributed by atoms with Crippen molar-refractivity contribution in [2.75, 3.05) is 6.54 Å². The summed E-state index contributed by atoms with van der Waals surface area (Å²) in [6.07, 6.45) is 1.87. The molecular formula is C19H22N4O. The van der Waals surface area contributed by atoms with Gasteiger partial charge in [-0.25, -0.2) is 4.98 Å². The number of rotatable bonds is 5. The van der Waals surface area contributed by atoms with E-state index < -0.39 is 0 Å². The van der Waals surface area contributed by atoms with Crippen LogP contribution in [-0.2, 0) is 13.5 Å². The molecule has 0 radical (unpaired) electrons. The normalized spacial score (nSPS) is 11.0. The first-order valence-electron chi connectivity index (χ1n) is 8.19. The molecule has 0 saturated heterocycles. The molecular weight excluding hydrogens is 300 g/mol. The van der Waals surface area contributed by atoms with E-state index in [9.17, 15) is 4.79 Å². The molecule has 1 amide bonds. The highest BCUT2D eigenvalue weighted by Crippen LogP contribution is 2.21. The van der Waals surface area contributed by atoms with Gasteiger partial charge in [0.1, 0.15) is 0 Å². The molecule has 0 fully saturated rings. The molecule has 2 aromatic heterocycles. The molecule has 0 aliphatic rings. The van der Waals surface area contributed by atoms with Crippen molar-refractivity contribution in [3.05, 3.63) is 58.9 Å². The molecule has 3 aromatic rings. The SMILES string of the molecule is Cc1cc(C(=O)NCCCc2ccccc2)c2c(C)nn(C)c2n1. The summed E-state index contributed by atoms with van der Waals surface area (Å²) in [5.74, 6) is -0.0605. The molecule has 1 aromatic carbocycles. The highest BCUT2D eigenvalue weighted by atomic mass is 16.1. The van der Waals surface area contributed by atoms with Crippen LogP contribution in [-0.4, -0.2) is 27.2 Å². The van der Waals surface area contributed by atoms with Gasteiger partial charge in [-0.05, 0) is 38.3 Å². The smallest absolute Gasteiger partial charge is 0.252 e. The van der Waals surface area contributed by atoms with E-state index in [1.54, 1.807) is 4.68 Å². The molecule has 0 spiro atoms. The number of carbonyl (C=O) groups excluding carboxylic acids is 1. The lowest BCUT2D eigenvalue weighted by atomic mass is 10.1. The van der Waals surface area contributed by atoms with Crippen molar-refractivity contribution in [1.29, 1.82) is 0 Å². The maximum atomic E-state index is 12.6. The van der Waals surface area contributed by atoms with Gasteiger partial charge >= 0.3 is 0 Å². The fourth-order valence-electron chi connectivity index (χ4n) is 2.98. The van der Waals surface area contributed by atoms with E-state index in [1.807, 2.05) is 45.2 Å². The second-order valence-electron chi connectivity index (χ2n) is 6.06. The van der Waals surface area contributed by atoms with Crippen LogP contribution in [0.2, 0.25) is 0 Å². The largest absolute Gasteiger partial charge is 0.352 e. The first-order valence-corrected chi connectivity index (χ1v) is 8.19. The Morgan fingerprint density at radius 1 is 1.21 bits per heavy atom. The number of amides is 1. The second-order valence-corrected chi connectivity index (χ2v) is 6.06. The maximum Gasteiger partial charge on any atom is 0.252 e. The van der Waals surface area contributed by atoms with Crippen LogP contribution in [0.15, 0.2) is 36.4 Å². The molecule has 0 aliphatic carbocycles. The number of carbonyl (C=O) groups is 1. The average Bonchev–Trinajstić information content (AvgIpc) is 2.86. The van der Waals surface area contributed by atoms with Crippen LogP contribution in [0, 0.1) is 13.8 Å². The van der Waals surface area contributed by atoms with Gasteiger partial charge in [-0.15, -0.1) is 0 Å². The molecule has 24 heavy (non-hydrogen) atoms. The zero-order valence-electron chi connectivity index (χ0n) is 14.3. The zero-order valence-corrected chi connectivity index (χ0v) is 14.3. The summed E-state index contributed by atoms with van der Waals surface area (Å²) in [5, 5.41) is 8.24. The highest BCUT2D eigenvalue weighted by Gasteiger charge is 2.17. The van der Waals surface area contributed by atoms with Gasteiger partial charge in [-0.1, -0.05) is 30.3 Å². The number of aryl methyl sites for hydroxylation is 4. The summed E-state index contributed by atoms with van der Waals surface area (Å²) in [6.45, 7) is 4.45. The molecule has 5 heteroatoms. The third-order valence-electron chi connectivity index (χ3n) is 4.11. The van der Waals surface area contributed by atoms with Crippen molar-refractivity contribution in [3.8, 4) is 0 Å². The Balaban J connectivity index is 1.70. The van der Waals surface area contributed by atoms with Crippen LogP contribution in [0.25, 0.3) is 11.0 Å². The van der Waals surface area contributed by atoms with Crippen LogP contribution >= 0.6 is 0 Å². The number of benzene rings is 1. The Morgan fingerprint density at radius 3 is 2.71 bits per heavy atom. The lowest BCUT2D eigenvalue weighted by Gasteiger charge is -2.08. The number of hydrogen-bond donors (Lipinski definition) is 1. The number of pyridine rings is 1. The Kier molecular flexibility index (Phi) is 4.60. The molecule has 2 heterocycles. The molecule has 0 aliphatic heterocycles. The average molecular weight is 322 g/mol. The molecule has 0 saturated carbocycles. The molecule has 5 nitrogen and oxygen atoms in total. The van der Waals surface area contributed by atoms with Crippen molar-refractivity contribution in [3.63, 3.8) is 0 Å². The van der Waals surface area contributed by atoms with E-state index in [-0.39, 0.29) is 5.91 Å². The third kappa shape index (κ3) is 3.30. The van der Waals surface area contributed by atoms with Gasteiger partial charge in [0.15, 0.2) is 5.65 Å². The summed E-state index contributed by atoms with van der Waals surface area (Å²) in [6, 6.07) is 12.1. The zero-order chi connectivity index (χ0) is 17.1. The monoisotopic (exact) mass is 322 g/mol. The molecule has 0 atom stereocenters. The summed E-state index contributed by atoms with van der Waals surface area (Å²) in [7, 11) is 1.85. The quantitative estimate of drug-likeness (QED) is 0.735. The Bertz CT molecular complexity index is 868. The summed E-state index contributed by atoms with van der Waals surface area (Å²) < 4.78 is 1.73. The van der Waals surface area contributed by atoms with E-state index in [2.05, 4.69) is 27.5 Å². The second kappa shape index (κ2) is 6.83. The van der Waals surface area contributed by atoms with Crippen LogP contribution in [0.5, 0.6) is 0 Å². The van der Waals surface area contributed by atoms with E-state index in [1.165, 1.54) is 5.56 Å². The van der Waals surface area contributed by atoms with Crippen molar-refractivity contribution in [2.45, 2.75) is 26.7 Å². The van der Waals surface area contributed by atoms with Gasteiger partial charge in [-0.3, -0.25) is 9.48 Å². The van der Waals surface area contributed by atoms with E-state index in [4.69, 9.17) is 0 Å². The van der Waals surface area contributed by atoms with Crippen LogP contribution in [0.1, 0.15) is 33.7 Å². The number of fused-ring (bicyclic) bond motifs is 1. The number of nitrogens with zero attached hydrogens (tertiary/aromatic N) is 3. The molecule has 0 bridgehead atoms. The highest BCUT2D eigenvalue weighted by molar-refractivity contribution is 6.06. The number of aromatic nitrogens is 3. The summed E-state index contributed by atoms with van der Waals surface area (Å²) in [5.41, 5.74) is 4.34. The third-order valence-corrected chi connectivity index (χ3v) is 4.11. The van der Waals surface area contributed by atoms with Gasteiger partial charge in [0.05, 0.1) is 16.6 Å². The van der Waals surface area contributed by atoms with Crippen molar-refractivity contribution in [1.82, 2.24) is 20.1 Å². The van der Waals surface area contributed by atoms with E-state index >= 15 is 0 Å². The first-order chi connectivity index (χ1) is 11.6. The predicted octanol–water partition coefficient (Wildman–Crippen LogP) is 2.95. The molecule has 3 rings (SSSR count). The Morgan fingerprint density at radius 2 is 1.96 bits per heavy atom. The van der Waals surface area contributed by atoms with Gasteiger partial charge < -0.3 is 5.32 Å². The minimum Gasteiger partial charge on any atom is -0.352 e. The maximum absolute atomic E-state index is 12.6. The standard InChI is InChI=1S/C19H22N4O/c1-13-12-16(17-14(2)22-23(3)18(17)21-13)19(24)20-11-7-10-15-8-5-4-6-9-15/h4-6,8-9,12H,7,10-11H2,1-3H3,(H,20,24). The summed E-state index contributed by atoms with van der Waals surface area (Å²) >= 11 is 0. The number of hydrogen-bond acceptors (Lipinski definition) is 3. The topological polar surface area (TPSA) is 59.8 Å². The minimum atomic E-state index is -0.0605. The van der Waals surface area contributed by atoms with Gasteiger partial charge in [0, 0.05) is 19.3 Å². The van der Waals surface area contributed by atoms with E-state index in [0.29, 0.717) is 12.1 Å². The van der Waals surface area contributed by atoms with Crippen LogP contribution in [0.4, 0.5) is 0 Å². The van der Waals surface area contributed by atoms with Crippen LogP contribution < -0.4 is 5.32 Å².